The Balaban J connectivity index is 1.86. The fourth-order valence-corrected chi connectivity index (χ4v) is 1.94. The van der Waals surface area contributed by atoms with Crippen molar-refractivity contribution in [1.82, 2.24) is 0 Å². The summed E-state index contributed by atoms with van der Waals surface area (Å²) in [6, 6.07) is 7.01. The van der Waals surface area contributed by atoms with Gasteiger partial charge in [0.05, 0.1) is 6.61 Å². The molecule has 0 saturated carbocycles. The van der Waals surface area contributed by atoms with Crippen LogP contribution in [0.1, 0.15) is 44.8 Å². The highest BCUT2D eigenvalue weighted by atomic mass is 16.6. The van der Waals surface area contributed by atoms with Gasteiger partial charge in [-0.1, -0.05) is 26.0 Å². The van der Waals surface area contributed by atoms with Gasteiger partial charge in [-0.2, -0.15) is 0 Å². The van der Waals surface area contributed by atoms with Gasteiger partial charge in [0.25, 0.3) is 0 Å². The number of hydrogen-bond donors (Lipinski definition) is 0. The van der Waals surface area contributed by atoms with Crippen LogP contribution in [0.3, 0.4) is 0 Å². The number of rotatable bonds is 7. The van der Waals surface area contributed by atoms with Crippen molar-refractivity contribution in [2.75, 3.05) is 6.61 Å². The van der Waals surface area contributed by atoms with E-state index in [1.165, 1.54) is 0 Å². The fourth-order valence-electron chi connectivity index (χ4n) is 1.94. The molecule has 0 spiro atoms. The van der Waals surface area contributed by atoms with E-state index in [0.717, 1.165) is 18.4 Å². The lowest BCUT2D eigenvalue weighted by atomic mass is 10.1. The van der Waals surface area contributed by atoms with Crippen molar-refractivity contribution >= 4 is 11.9 Å². The predicted octanol–water partition coefficient (Wildman–Crippen LogP) is 2.79. The molecule has 0 N–H and O–H groups in total. The predicted molar refractivity (Wildman–Crippen MR) is 75.8 cm³/mol. The minimum atomic E-state index is -0.509. The van der Waals surface area contributed by atoms with Crippen LogP contribution in [0.25, 0.3) is 0 Å². The molecule has 0 amide bonds. The molecule has 0 aromatic heterocycles. The van der Waals surface area contributed by atoms with E-state index in [-0.39, 0.29) is 18.0 Å². The molecule has 1 heterocycles. The first-order chi connectivity index (χ1) is 10.2. The van der Waals surface area contributed by atoms with E-state index >= 15 is 0 Å². The molecule has 1 fully saturated rings. The number of carbonyl (C=O) groups excluding carboxylic acids is 2. The van der Waals surface area contributed by atoms with Crippen LogP contribution < -0.4 is 4.74 Å². The van der Waals surface area contributed by atoms with Gasteiger partial charge in [-0.15, -0.1) is 0 Å². The highest BCUT2D eigenvalue weighted by molar-refractivity contribution is 5.78. The molecule has 21 heavy (non-hydrogen) atoms. The van der Waals surface area contributed by atoms with Gasteiger partial charge in [0.15, 0.2) is 6.10 Å². The Morgan fingerprint density at radius 1 is 1.14 bits per heavy atom. The molecule has 1 aliphatic rings. The number of ether oxygens (including phenoxy) is 3. The van der Waals surface area contributed by atoms with Crippen LogP contribution in [0, 0.1) is 0 Å². The van der Waals surface area contributed by atoms with Gasteiger partial charge in [0.2, 0.25) is 0 Å². The lowest BCUT2D eigenvalue weighted by Crippen LogP contribution is -2.12. The van der Waals surface area contributed by atoms with Crippen molar-refractivity contribution in [3.8, 4) is 5.75 Å². The van der Waals surface area contributed by atoms with Gasteiger partial charge in [0, 0.05) is 6.42 Å². The van der Waals surface area contributed by atoms with Crippen molar-refractivity contribution in [3.63, 3.8) is 0 Å². The summed E-state index contributed by atoms with van der Waals surface area (Å²) in [5, 5.41) is 0. The lowest BCUT2D eigenvalue weighted by molar-refractivity contribution is -0.145. The topological polar surface area (TPSA) is 65.1 Å². The molecule has 114 valence electrons. The summed E-state index contributed by atoms with van der Waals surface area (Å²) < 4.78 is 15.5. The van der Waals surface area contributed by atoms with Crippen LogP contribution in [0.2, 0.25) is 0 Å². The third-order valence-corrected chi connectivity index (χ3v) is 3.07. The summed E-state index contributed by atoms with van der Waals surface area (Å²) in [4.78, 5) is 23.0. The van der Waals surface area contributed by atoms with E-state index in [2.05, 4.69) is 0 Å². The van der Waals surface area contributed by atoms with Crippen molar-refractivity contribution in [2.45, 2.75) is 45.3 Å². The molecule has 0 bridgehead atoms. The largest absolute Gasteiger partial charge is 0.464 e. The van der Waals surface area contributed by atoms with Gasteiger partial charge >= 0.3 is 11.9 Å². The highest BCUT2D eigenvalue weighted by Crippen LogP contribution is 2.39. The average Bonchev–Trinajstić information content (AvgIpc) is 3.26. The minimum absolute atomic E-state index is 0.242. The molecule has 1 aliphatic heterocycles. The third kappa shape index (κ3) is 4.29. The third-order valence-electron chi connectivity index (χ3n) is 3.07. The molecule has 1 saturated heterocycles. The Hall–Kier alpha value is -1.88. The Morgan fingerprint density at radius 2 is 1.86 bits per heavy atom. The van der Waals surface area contributed by atoms with Crippen LogP contribution in [-0.4, -0.2) is 24.6 Å². The maximum Gasteiger partial charge on any atom is 0.338 e. The second-order valence-corrected chi connectivity index (χ2v) is 4.94. The quantitative estimate of drug-likeness (QED) is 0.439. The van der Waals surface area contributed by atoms with Gasteiger partial charge in [-0.25, -0.2) is 4.79 Å². The number of hydrogen-bond acceptors (Lipinski definition) is 5. The Kier molecular flexibility index (Phi) is 5.33. The Morgan fingerprint density at radius 3 is 2.48 bits per heavy atom. The zero-order chi connectivity index (χ0) is 15.2. The molecule has 1 aromatic carbocycles. The standard InChI is InChI=1S/C16H20O5/c1-3-5-13(17)20-12-8-6-11(7-9-12)14-15(21-14)16(18)19-10-4-2/h6-9,14-15H,3-5,10H2,1-2H3/t14-,15+/m0/s1. The van der Waals surface area contributed by atoms with Crippen molar-refractivity contribution in [1.29, 1.82) is 0 Å². The Labute approximate surface area is 124 Å². The van der Waals surface area contributed by atoms with E-state index in [4.69, 9.17) is 14.2 Å². The van der Waals surface area contributed by atoms with E-state index in [9.17, 15) is 9.59 Å². The lowest BCUT2D eigenvalue weighted by Gasteiger charge is -2.04. The van der Waals surface area contributed by atoms with Crippen LogP contribution in [0.4, 0.5) is 0 Å². The van der Waals surface area contributed by atoms with Crippen LogP contribution in [-0.2, 0) is 19.1 Å². The summed E-state index contributed by atoms with van der Waals surface area (Å²) in [7, 11) is 0. The highest BCUT2D eigenvalue weighted by Gasteiger charge is 2.47. The van der Waals surface area contributed by atoms with Crippen LogP contribution >= 0.6 is 0 Å². The number of epoxide rings is 1. The van der Waals surface area contributed by atoms with E-state index in [0.29, 0.717) is 18.8 Å². The Bertz CT molecular complexity index is 494. The van der Waals surface area contributed by atoms with Crippen LogP contribution in [0.5, 0.6) is 5.75 Å². The van der Waals surface area contributed by atoms with E-state index < -0.39 is 6.10 Å². The second kappa shape index (κ2) is 7.22. The molecule has 2 rings (SSSR count). The molecule has 0 aliphatic carbocycles. The zero-order valence-electron chi connectivity index (χ0n) is 12.3. The van der Waals surface area contributed by atoms with E-state index in [1.807, 2.05) is 13.8 Å². The first-order valence-electron chi connectivity index (χ1n) is 7.28. The minimum Gasteiger partial charge on any atom is -0.464 e. The smallest absolute Gasteiger partial charge is 0.338 e. The molecule has 1 aromatic rings. The summed E-state index contributed by atoms with van der Waals surface area (Å²) >= 11 is 0. The number of carbonyl (C=O) groups is 2. The normalized spacial score (nSPS) is 19.9. The molecular formula is C16H20O5. The van der Waals surface area contributed by atoms with Crippen molar-refractivity contribution < 1.29 is 23.8 Å². The molecule has 0 unspecified atom stereocenters. The summed E-state index contributed by atoms with van der Waals surface area (Å²) in [5.41, 5.74) is 0.878. The molecule has 2 atom stereocenters. The number of esters is 2. The summed E-state index contributed by atoms with van der Waals surface area (Å²) in [6.07, 6.45) is 1.19. The maximum atomic E-state index is 11.6. The van der Waals surface area contributed by atoms with Gasteiger partial charge in [-0.3, -0.25) is 4.79 Å². The molecule has 5 nitrogen and oxygen atoms in total. The van der Waals surface area contributed by atoms with Gasteiger partial charge in [-0.05, 0) is 30.5 Å². The van der Waals surface area contributed by atoms with Gasteiger partial charge in [0.1, 0.15) is 11.9 Å². The van der Waals surface area contributed by atoms with E-state index in [1.54, 1.807) is 24.3 Å². The number of benzene rings is 1. The maximum absolute atomic E-state index is 11.6. The summed E-state index contributed by atoms with van der Waals surface area (Å²) in [5.74, 6) is -0.0581. The monoisotopic (exact) mass is 292 g/mol. The first kappa shape index (κ1) is 15.5. The average molecular weight is 292 g/mol. The van der Waals surface area contributed by atoms with Crippen molar-refractivity contribution in [2.24, 2.45) is 0 Å². The SMILES string of the molecule is CCCOC(=O)[C@@H]1O[C@H]1c1ccc(OC(=O)CCC)cc1. The van der Waals surface area contributed by atoms with Crippen molar-refractivity contribution in [3.05, 3.63) is 29.8 Å². The fraction of sp³-hybridized carbons (Fsp3) is 0.500. The molecule has 5 heteroatoms. The first-order valence-corrected chi connectivity index (χ1v) is 7.28. The zero-order valence-corrected chi connectivity index (χ0v) is 12.3. The summed E-state index contributed by atoms with van der Waals surface area (Å²) in [6.45, 7) is 4.28. The van der Waals surface area contributed by atoms with Crippen LogP contribution in [0.15, 0.2) is 24.3 Å². The molecular weight excluding hydrogens is 272 g/mol. The van der Waals surface area contributed by atoms with Gasteiger partial charge < -0.3 is 14.2 Å². The molecule has 0 radical (unpaired) electrons. The second-order valence-electron chi connectivity index (χ2n) is 4.94.